The highest BCUT2D eigenvalue weighted by Crippen LogP contribution is 2.26. The predicted octanol–water partition coefficient (Wildman–Crippen LogP) is 1.67. The number of rotatable bonds is 2. The molecule has 1 saturated heterocycles. The van der Waals surface area contributed by atoms with Crippen LogP contribution in [0.3, 0.4) is 0 Å². The van der Waals surface area contributed by atoms with Crippen molar-refractivity contribution in [2.24, 2.45) is 0 Å². The lowest BCUT2D eigenvalue weighted by atomic mass is 10.2. The van der Waals surface area contributed by atoms with E-state index in [1.807, 2.05) is 13.1 Å². The summed E-state index contributed by atoms with van der Waals surface area (Å²) in [7, 11) is 1.83. The number of halogens is 1. The Morgan fingerprint density at radius 2 is 2.19 bits per heavy atom. The van der Waals surface area contributed by atoms with Crippen LogP contribution in [0.5, 0.6) is 0 Å². The minimum Gasteiger partial charge on any atom is -0.386 e. The molecule has 0 unspecified atom stereocenters. The first-order valence-corrected chi connectivity index (χ1v) is 5.74. The molecule has 0 atom stereocenters. The van der Waals surface area contributed by atoms with Gasteiger partial charge in [0.2, 0.25) is 0 Å². The van der Waals surface area contributed by atoms with Gasteiger partial charge < -0.3 is 15.5 Å². The molecule has 1 heterocycles. The van der Waals surface area contributed by atoms with E-state index in [4.69, 9.17) is 0 Å². The van der Waals surface area contributed by atoms with Crippen molar-refractivity contribution in [3.8, 4) is 0 Å². The molecule has 0 aliphatic carbocycles. The Hall–Kier alpha value is -1.29. The van der Waals surface area contributed by atoms with Crippen LogP contribution in [-0.2, 0) is 0 Å². The van der Waals surface area contributed by atoms with E-state index in [2.05, 4.69) is 15.5 Å². The van der Waals surface area contributed by atoms with Crippen LogP contribution in [0.15, 0.2) is 18.2 Å². The van der Waals surface area contributed by atoms with Crippen molar-refractivity contribution in [3.05, 3.63) is 24.0 Å². The van der Waals surface area contributed by atoms with Gasteiger partial charge in [0.25, 0.3) is 0 Å². The molecule has 0 radical (unpaired) electrons. The molecule has 0 aromatic heterocycles. The van der Waals surface area contributed by atoms with Crippen LogP contribution in [-0.4, -0.2) is 33.2 Å². The minimum absolute atomic E-state index is 0.193. The van der Waals surface area contributed by atoms with Crippen LogP contribution >= 0.6 is 0 Å². The van der Waals surface area contributed by atoms with Gasteiger partial charge in [-0.2, -0.15) is 0 Å². The Morgan fingerprint density at radius 1 is 1.31 bits per heavy atom. The van der Waals surface area contributed by atoms with Crippen LogP contribution in [0.2, 0.25) is 0 Å². The molecule has 1 aromatic rings. The monoisotopic (exact) mass is 223 g/mol. The zero-order valence-corrected chi connectivity index (χ0v) is 9.59. The van der Waals surface area contributed by atoms with Crippen molar-refractivity contribution in [1.82, 2.24) is 5.32 Å². The Balaban J connectivity index is 2.23. The molecule has 1 aliphatic rings. The van der Waals surface area contributed by atoms with Gasteiger partial charge in [0.15, 0.2) is 0 Å². The SMILES string of the molecule is CNc1cc(F)ccc1N1CCCNCC1. The van der Waals surface area contributed by atoms with Crippen LogP contribution < -0.4 is 15.5 Å². The quantitative estimate of drug-likeness (QED) is 0.798. The fourth-order valence-corrected chi connectivity index (χ4v) is 2.07. The molecular formula is C12H18FN3. The lowest BCUT2D eigenvalue weighted by Crippen LogP contribution is -2.28. The molecule has 2 N–H and O–H groups in total. The fourth-order valence-electron chi connectivity index (χ4n) is 2.07. The predicted molar refractivity (Wildman–Crippen MR) is 65.6 cm³/mol. The minimum atomic E-state index is -0.193. The molecule has 1 aromatic carbocycles. The van der Waals surface area contributed by atoms with Gasteiger partial charge in [0.05, 0.1) is 11.4 Å². The smallest absolute Gasteiger partial charge is 0.125 e. The third-order valence-electron chi connectivity index (χ3n) is 2.91. The molecule has 4 heteroatoms. The summed E-state index contributed by atoms with van der Waals surface area (Å²) in [6.45, 7) is 4.04. The Labute approximate surface area is 95.6 Å². The lowest BCUT2D eigenvalue weighted by Gasteiger charge is -2.25. The second kappa shape index (κ2) is 5.16. The summed E-state index contributed by atoms with van der Waals surface area (Å²) in [4.78, 5) is 2.30. The number of anilines is 2. The van der Waals surface area contributed by atoms with E-state index >= 15 is 0 Å². The van der Waals surface area contributed by atoms with Crippen LogP contribution in [0.1, 0.15) is 6.42 Å². The third kappa shape index (κ3) is 2.44. The third-order valence-corrected chi connectivity index (χ3v) is 2.91. The molecule has 0 bridgehead atoms. The molecule has 0 spiro atoms. The molecule has 2 rings (SSSR count). The Bertz CT molecular complexity index is 346. The van der Waals surface area contributed by atoms with Gasteiger partial charge in [-0.1, -0.05) is 0 Å². The molecule has 1 aliphatic heterocycles. The van der Waals surface area contributed by atoms with E-state index in [0.717, 1.165) is 44.0 Å². The first-order chi connectivity index (χ1) is 7.81. The number of benzene rings is 1. The van der Waals surface area contributed by atoms with E-state index in [9.17, 15) is 4.39 Å². The van der Waals surface area contributed by atoms with Gasteiger partial charge in [0, 0.05) is 26.7 Å². The van der Waals surface area contributed by atoms with Gasteiger partial charge in [-0.3, -0.25) is 0 Å². The van der Waals surface area contributed by atoms with E-state index < -0.39 is 0 Å². The topological polar surface area (TPSA) is 27.3 Å². The highest BCUT2D eigenvalue weighted by Gasteiger charge is 2.13. The molecule has 0 amide bonds. The van der Waals surface area contributed by atoms with Crippen molar-refractivity contribution in [2.75, 3.05) is 43.4 Å². The molecule has 0 saturated carbocycles. The number of nitrogens with zero attached hydrogens (tertiary/aromatic N) is 1. The van der Waals surface area contributed by atoms with E-state index in [-0.39, 0.29) is 5.82 Å². The molecule has 1 fully saturated rings. The standard InChI is InChI=1S/C12H18FN3/c1-14-11-9-10(13)3-4-12(11)16-7-2-5-15-6-8-16/h3-4,9,14-15H,2,5-8H2,1H3. The van der Waals surface area contributed by atoms with E-state index in [1.165, 1.54) is 6.07 Å². The van der Waals surface area contributed by atoms with Crippen molar-refractivity contribution >= 4 is 11.4 Å². The van der Waals surface area contributed by atoms with Crippen molar-refractivity contribution in [1.29, 1.82) is 0 Å². The van der Waals surface area contributed by atoms with Gasteiger partial charge in [-0.05, 0) is 31.2 Å². The van der Waals surface area contributed by atoms with Gasteiger partial charge >= 0.3 is 0 Å². The normalized spacial score (nSPS) is 17.0. The second-order valence-electron chi connectivity index (χ2n) is 4.00. The van der Waals surface area contributed by atoms with Gasteiger partial charge in [0.1, 0.15) is 5.82 Å². The summed E-state index contributed by atoms with van der Waals surface area (Å²) in [6, 6.07) is 4.93. The summed E-state index contributed by atoms with van der Waals surface area (Å²) >= 11 is 0. The summed E-state index contributed by atoms with van der Waals surface area (Å²) in [5.41, 5.74) is 1.95. The largest absolute Gasteiger partial charge is 0.386 e. The average molecular weight is 223 g/mol. The van der Waals surface area contributed by atoms with Crippen molar-refractivity contribution in [2.45, 2.75) is 6.42 Å². The maximum atomic E-state index is 13.1. The van der Waals surface area contributed by atoms with Crippen LogP contribution in [0.4, 0.5) is 15.8 Å². The van der Waals surface area contributed by atoms with Gasteiger partial charge in [-0.15, -0.1) is 0 Å². The lowest BCUT2D eigenvalue weighted by molar-refractivity contribution is 0.628. The maximum Gasteiger partial charge on any atom is 0.125 e. The van der Waals surface area contributed by atoms with Crippen LogP contribution in [0.25, 0.3) is 0 Å². The second-order valence-corrected chi connectivity index (χ2v) is 4.00. The number of nitrogens with one attached hydrogen (secondary N) is 2. The zero-order valence-electron chi connectivity index (χ0n) is 9.59. The summed E-state index contributed by atoms with van der Waals surface area (Å²) in [5.74, 6) is -0.193. The molecule has 16 heavy (non-hydrogen) atoms. The Morgan fingerprint density at radius 3 is 3.00 bits per heavy atom. The summed E-state index contributed by atoms with van der Waals surface area (Å²) in [5, 5.41) is 6.41. The molecule has 88 valence electrons. The summed E-state index contributed by atoms with van der Waals surface area (Å²) < 4.78 is 13.1. The molecule has 3 nitrogen and oxygen atoms in total. The first kappa shape index (κ1) is 11.2. The van der Waals surface area contributed by atoms with Crippen molar-refractivity contribution in [3.63, 3.8) is 0 Å². The Kier molecular flexibility index (Phi) is 3.62. The number of hydrogen-bond donors (Lipinski definition) is 2. The average Bonchev–Trinajstić information content (AvgIpc) is 2.57. The van der Waals surface area contributed by atoms with Crippen LogP contribution in [0, 0.1) is 5.82 Å². The van der Waals surface area contributed by atoms with Gasteiger partial charge in [-0.25, -0.2) is 4.39 Å². The maximum absolute atomic E-state index is 13.1. The fraction of sp³-hybridized carbons (Fsp3) is 0.500. The summed E-state index contributed by atoms with van der Waals surface area (Å²) in [6.07, 6.45) is 1.13. The zero-order chi connectivity index (χ0) is 11.4. The first-order valence-electron chi connectivity index (χ1n) is 5.74. The van der Waals surface area contributed by atoms with E-state index in [1.54, 1.807) is 6.07 Å². The van der Waals surface area contributed by atoms with E-state index in [0.29, 0.717) is 0 Å². The highest BCUT2D eigenvalue weighted by atomic mass is 19.1. The molecular weight excluding hydrogens is 205 g/mol. The van der Waals surface area contributed by atoms with Crippen molar-refractivity contribution < 1.29 is 4.39 Å². The highest BCUT2D eigenvalue weighted by molar-refractivity contribution is 5.70. The number of hydrogen-bond acceptors (Lipinski definition) is 3.